The zero-order valence-electron chi connectivity index (χ0n) is 11.5. The van der Waals surface area contributed by atoms with Crippen LogP contribution in [-0.4, -0.2) is 29.2 Å². The second-order valence-corrected chi connectivity index (χ2v) is 5.36. The highest BCUT2D eigenvalue weighted by Crippen LogP contribution is 2.32. The first-order valence-corrected chi connectivity index (χ1v) is 7.16. The Bertz CT molecular complexity index is 638. The standard InChI is InChI=1S/C12H13F3N4O2S/c1-7-3-6-21-8(7)9(20)16-4-2-5-17-11-19-18-10(22-11)12(13,14)15/h3,6H,2,4-5H2,1H3,(H,16,20)(H,17,19). The van der Waals surface area contributed by atoms with Gasteiger partial charge in [-0.1, -0.05) is 11.3 Å². The molecule has 0 atom stereocenters. The SMILES string of the molecule is Cc1ccoc1C(=O)NCCCNc1nnc(C(F)(F)F)s1. The van der Waals surface area contributed by atoms with Crippen LogP contribution in [-0.2, 0) is 6.18 Å². The average Bonchev–Trinajstić information content (AvgIpc) is 3.06. The molecule has 22 heavy (non-hydrogen) atoms. The largest absolute Gasteiger partial charge is 0.459 e. The summed E-state index contributed by atoms with van der Waals surface area (Å²) in [6.07, 6.45) is -2.53. The van der Waals surface area contributed by atoms with Crippen molar-refractivity contribution in [3.8, 4) is 0 Å². The Labute approximate surface area is 127 Å². The van der Waals surface area contributed by atoms with Gasteiger partial charge in [0.2, 0.25) is 10.1 Å². The summed E-state index contributed by atoms with van der Waals surface area (Å²) in [5.74, 6) is -0.0651. The summed E-state index contributed by atoms with van der Waals surface area (Å²) in [5.41, 5.74) is 0.740. The summed E-state index contributed by atoms with van der Waals surface area (Å²) in [7, 11) is 0. The van der Waals surface area contributed by atoms with E-state index in [1.165, 1.54) is 6.26 Å². The molecule has 1 amide bonds. The van der Waals surface area contributed by atoms with Gasteiger partial charge in [0, 0.05) is 18.7 Å². The van der Waals surface area contributed by atoms with Gasteiger partial charge in [0.05, 0.1) is 6.26 Å². The summed E-state index contributed by atoms with van der Waals surface area (Å²) in [4.78, 5) is 11.7. The Kier molecular flexibility index (Phi) is 5.01. The third kappa shape index (κ3) is 4.20. The minimum atomic E-state index is -4.48. The lowest BCUT2D eigenvalue weighted by molar-refractivity contribution is -0.138. The molecular weight excluding hydrogens is 321 g/mol. The van der Waals surface area contributed by atoms with E-state index in [0.717, 1.165) is 5.56 Å². The number of rotatable bonds is 6. The molecule has 0 aliphatic heterocycles. The number of nitrogens with zero attached hydrogens (tertiary/aromatic N) is 2. The minimum Gasteiger partial charge on any atom is -0.459 e. The molecule has 0 aliphatic rings. The number of halogens is 3. The van der Waals surface area contributed by atoms with E-state index in [2.05, 4.69) is 20.8 Å². The quantitative estimate of drug-likeness (QED) is 0.794. The minimum absolute atomic E-state index is 0.0977. The molecule has 0 saturated carbocycles. The van der Waals surface area contributed by atoms with Crippen molar-refractivity contribution in [1.29, 1.82) is 0 Å². The molecule has 6 nitrogen and oxygen atoms in total. The number of hydrogen-bond acceptors (Lipinski definition) is 6. The predicted octanol–water partition coefficient (Wildman–Crippen LogP) is 2.69. The van der Waals surface area contributed by atoms with Gasteiger partial charge < -0.3 is 15.1 Å². The van der Waals surface area contributed by atoms with Crippen LogP contribution in [0.2, 0.25) is 0 Å². The number of amides is 1. The van der Waals surface area contributed by atoms with Crippen LogP contribution in [0.1, 0.15) is 27.5 Å². The van der Waals surface area contributed by atoms with E-state index in [1.807, 2.05) is 0 Å². The number of aryl methyl sites for hydroxylation is 1. The Balaban J connectivity index is 1.68. The van der Waals surface area contributed by atoms with Gasteiger partial charge in [-0.05, 0) is 19.4 Å². The lowest BCUT2D eigenvalue weighted by atomic mass is 10.2. The Morgan fingerprint density at radius 2 is 2.14 bits per heavy atom. The van der Waals surface area contributed by atoms with E-state index >= 15 is 0 Å². The van der Waals surface area contributed by atoms with E-state index in [9.17, 15) is 18.0 Å². The number of furan rings is 1. The van der Waals surface area contributed by atoms with Gasteiger partial charge in [-0.25, -0.2) is 0 Å². The van der Waals surface area contributed by atoms with Crippen molar-refractivity contribution in [2.24, 2.45) is 0 Å². The summed E-state index contributed by atoms with van der Waals surface area (Å²) in [6.45, 7) is 2.48. The first-order valence-electron chi connectivity index (χ1n) is 6.35. The molecule has 120 valence electrons. The monoisotopic (exact) mass is 334 g/mol. The molecule has 0 aliphatic carbocycles. The molecule has 2 aromatic rings. The van der Waals surface area contributed by atoms with Crippen LogP contribution in [0.5, 0.6) is 0 Å². The molecular formula is C12H13F3N4O2S. The van der Waals surface area contributed by atoms with Gasteiger partial charge in [0.25, 0.3) is 5.91 Å². The maximum Gasteiger partial charge on any atom is 0.445 e. The third-order valence-corrected chi connectivity index (χ3v) is 3.58. The summed E-state index contributed by atoms with van der Waals surface area (Å²) < 4.78 is 42.0. The maximum atomic E-state index is 12.3. The van der Waals surface area contributed by atoms with E-state index in [-0.39, 0.29) is 16.8 Å². The van der Waals surface area contributed by atoms with Crippen LogP contribution in [0, 0.1) is 6.92 Å². The Morgan fingerprint density at radius 3 is 2.73 bits per heavy atom. The molecule has 0 fully saturated rings. The molecule has 0 aromatic carbocycles. The van der Waals surface area contributed by atoms with E-state index in [1.54, 1.807) is 13.0 Å². The van der Waals surface area contributed by atoms with Crippen LogP contribution in [0.15, 0.2) is 16.7 Å². The number of hydrogen-bond donors (Lipinski definition) is 2. The predicted molar refractivity (Wildman–Crippen MR) is 73.8 cm³/mol. The molecule has 2 heterocycles. The fraction of sp³-hybridized carbons (Fsp3) is 0.417. The number of alkyl halides is 3. The molecule has 0 unspecified atom stereocenters. The lowest BCUT2D eigenvalue weighted by Gasteiger charge is -2.04. The van der Waals surface area contributed by atoms with Crippen LogP contribution in [0.25, 0.3) is 0 Å². The van der Waals surface area contributed by atoms with Crippen molar-refractivity contribution in [1.82, 2.24) is 15.5 Å². The van der Waals surface area contributed by atoms with E-state index < -0.39 is 11.2 Å². The molecule has 0 radical (unpaired) electrons. The van der Waals surface area contributed by atoms with Crippen LogP contribution in [0.4, 0.5) is 18.3 Å². The van der Waals surface area contributed by atoms with Crippen molar-refractivity contribution >= 4 is 22.4 Å². The Hall–Kier alpha value is -2.10. The maximum absolute atomic E-state index is 12.3. The topological polar surface area (TPSA) is 80.0 Å². The molecule has 0 spiro atoms. The van der Waals surface area contributed by atoms with Crippen LogP contribution in [0.3, 0.4) is 0 Å². The van der Waals surface area contributed by atoms with Gasteiger partial charge >= 0.3 is 6.18 Å². The van der Waals surface area contributed by atoms with Crippen LogP contribution < -0.4 is 10.6 Å². The second-order valence-electron chi connectivity index (χ2n) is 4.38. The normalized spacial score (nSPS) is 11.5. The van der Waals surface area contributed by atoms with Gasteiger partial charge in [0.15, 0.2) is 5.76 Å². The zero-order valence-corrected chi connectivity index (χ0v) is 12.3. The second kappa shape index (κ2) is 6.77. The third-order valence-electron chi connectivity index (χ3n) is 2.65. The molecule has 0 bridgehead atoms. The van der Waals surface area contributed by atoms with Crippen molar-refractivity contribution in [2.45, 2.75) is 19.5 Å². The molecule has 10 heteroatoms. The highest BCUT2D eigenvalue weighted by atomic mass is 32.1. The molecule has 0 saturated heterocycles. The number of nitrogens with one attached hydrogen (secondary N) is 2. The van der Waals surface area contributed by atoms with Gasteiger partial charge in [-0.2, -0.15) is 13.2 Å². The highest BCUT2D eigenvalue weighted by molar-refractivity contribution is 7.15. The van der Waals surface area contributed by atoms with Crippen molar-refractivity contribution in [3.63, 3.8) is 0 Å². The highest BCUT2D eigenvalue weighted by Gasteiger charge is 2.35. The average molecular weight is 334 g/mol. The van der Waals surface area contributed by atoms with Crippen molar-refractivity contribution in [2.75, 3.05) is 18.4 Å². The molecule has 2 rings (SSSR count). The summed E-state index contributed by atoms with van der Waals surface area (Å²) >= 11 is 0.443. The molecule has 2 aromatic heterocycles. The van der Waals surface area contributed by atoms with Gasteiger partial charge in [0.1, 0.15) is 0 Å². The van der Waals surface area contributed by atoms with E-state index in [0.29, 0.717) is 30.8 Å². The Morgan fingerprint density at radius 1 is 1.36 bits per heavy atom. The summed E-state index contributed by atoms with van der Waals surface area (Å²) in [6, 6.07) is 1.68. The number of carbonyl (C=O) groups excluding carboxylic acids is 1. The smallest absolute Gasteiger partial charge is 0.445 e. The number of carbonyl (C=O) groups is 1. The first kappa shape index (κ1) is 16.3. The zero-order chi connectivity index (χ0) is 16.2. The fourth-order valence-corrected chi connectivity index (χ4v) is 2.22. The first-order chi connectivity index (χ1) is 10.4. The lowest BCUT2D eigenvalue weighted by Crippen LogP contribution is -2.25. The fourth-order valence-electron chi connectivity index (χ4n) is 1.58. The van der Waals surface area contributed by atoms with Gasteiger partial charge in [-0.3, -0.25) is 4.79 Å². The van der Waals surface area contributed by atoms with Gasteiger partial charge in [-0.15, -0.1) is 10.2 Å². The number of anilines is 1. The molecule has 2 N–H and O–H groups in total. The van der Waals surface area contributed by atoms with Crippen LogP contribution >= 0.6 is 11.3 Å². The number of aromatic nitrogens is 2. The van der Waals surface area contributed by atoms with E-state index in [4.69, 9.17) is 4.42 Å². The summed E-state index contributed by atoms with van der Waals surface area (Å²) in [5, 5.41) is 11.0. The van der Waals surface area contributed by atoms with Crippen molar-refractivity contribution < 1.29 is 22.4 Å². The van der Waals surface area contributed by atoms with Crippen molar-refractivity contribution in [3.05, 3.63) is 28.7 Å².